The van der Waals surface area contributed by atoms with Crippen molar-refractivity contribution < 1.29 is 32.7 Å². The molecule has 0 spiro atoms. The lowest BCUT2D eigenvalue weighted by Crippen LogP contribution is -2.22. The molecule has 0 aliphatic rings. The van der Waals surface area contributed by atoms with Gasteiger partial charge in [0.2, 0.25) is 0 Å². The Bertz CT molecular complexity index is 787. The molecule has 1 atom stereocenters. The van der Waals surface area contributed by atoms with Gasteiger partial charge in [0.15, 0.2) is 0 Å². The normalized spacial score (nSPS) is 12.7. The smallest absolute Gasteiger partial charge is 0.416 e. The van der Waals surface area contributed by atoms with Crippen LogP contribution in [0.15, 0.2) is 30.3 Å². The molecule has 0 bridgehead atoms. The van der Waals surface area contributed by atoms with E-state index in [1.165, 1.54) is 25.1 Å². The molecule has 0 N–H and O–H groups in total. The maximum atomic E-state index is 13.0. The summed E-state index contributed by atoms with van der Waals surface area (Å²) in [5.41, 5.74) is -1.15. The number of nitro groups is 1. The molecule has 6 nitrogen and oxygen atoms in total. The standard InChI is InChI=1S/C14H10F3NO5S/c1-7(8-4-2-3-5-9(8)14(15,16)17)23-10-6-11(18(21)22)24-12(10)13(19)20/h2-7H,1H3,(H,19,20)/p-1/t7-/m1/s1. The van der Waals surface area contributed by atoms with Gasteiger partial charge < -0.3 is 14.6 Å². The summed E-state index contributed by atoms with van der Waals surface area (Å²) in [5.74, 6) is -2.12. The van der Waals surface area contributed by atoms with E-state index in [-0.39, 0.29) is 5.56 Å². The van der Waals surface area contributed by atoms with Crippen molar-refractivity contribution in [3.63, 3.8) is 0 Å². The Morgan fingerprint density at radius 2 is 1.96 bits per heavy atom. The van der Waals surface area contributed by atoms with Crippen LogP contribution in [0.2, 0.25) is 0 Å². The molecular weight excluding hydrogens is 351 g/mol. The highest BCUT2D eigenvalue weighted by Crippen LogP contribution is 2.39. The highest BCUT2D eigenvalue weighted by atomic mass is 32.1. The van der Waals surface area contributed by atoms with Crippen molar-refractivity contribution in [3.05, 3.63) is 56.5 Å². The molecular formula is C14H9F3NO5S-. The lowest BCUT2D eigenvalue weighted by Gasteiger charge is -2.19. The van der Waals surface area contributed by atoms with Crippen LogP contribution in [0.1, 0.15) is 33.8 Å². The average molecular weight is 360 g/mol. The minimum atomic E-state index is -4.62. The Morgan fingerprint density at radius 3 is 2.50 bits per heavy atom. The molecule has 10 heteroatoms. The van der Waals surface area contributed by atoms with Crippen LogP contribution in [0.5, 0.6) is 5.75 Å². The summed E-state index contributed by atoms with van der Waals surface area (Å²) < 4.78 is 44.3. The summed E-state index contributed by atoms with van der Waals surface area (Å²) in [6, 6.07) is 5.49. The van der Waals surface area contributed by atoms with Crippen LogP contribution in [-0.2, 0) is 6.18 Å². The molecule has 24 heavy (non-hydrogen) atoms. The maximum Gasteiger partial charge on any atom is 0.416 e. The summed E-state index contributed by atoms with van der Waals surface area (Å²) in [4.78, 5) is 20.4. The topological polar surface area (TPSA) is 92.5 Å². The van der Waals surface area contributed by atoms with Crippen LogP contribution < -0.4 is 9.84 Å². The van der Waals surface area contributed by atoms with Crippen molar-refractivity contribution in [2.24, 2.45) is 0 Å². The molecule has 0 amide bonds. The van der Waals surface area contributed by atoms with Gasteiger partial charge in [-0.05, 0) is 13.0 Å². The van der Waals surface area contributed by atoms with Gasteiger partial charge in [-0.2, -0.15) is 13.2 Å². The summed E-state index contributed by atoms with van der Waals surface area (Å²) in [5, 5.41) is 21.2. The highest BCUT2D eigenvalue weighted by Gasteiger charge is 2.35. The number of hydrogen-bond acceptors (Lipinski definition) is 6. The molecule has 0 unspecified atom stereocenters. The summed E-state index contributed by atoms with van der Waals surface area (Å²) in [6.07, 6.45) is -5.80. The number of rotatable bonds is 5. The SMILES string of the molecule is C[C@@H](Oc1cc([N+](=O)[O-])sc1C(=O)[O-])c1ccccc1C(F)(F)F. The van der Waals surface area contributed by atoms with Crippen LogP contribution in [0.3, 0.4) is 0 Å². The predicted molar refractivity (Wildman–Crippen MR) is 75.8 cm³/mol. The number of carbonyl (C=O) groups is 1. The first-order valence-electron chi connectivity index (χ1n) is 6.43. The largest absolute Gasteiger partial charge is 0.544 e. The van der Waals surface area contributed by atoms with Crippen LogP contribution >= 0.6 is 11.3 Å². The van der Waals surface area contributed by atoms with Gasteiger partial charge in [0.1, 0.15) is 11.9 Å². The molecule has 0 saturated heterocycles. The van der Waals surface area contributed by atoms with Gasteiger partial charge in [0.25, 0.3) is 0 Å². The third kappa shape index (κ3) is 3.65. The van der Waals surface area contributed by atoms with Crippen LogP contribution in [0, 0.1) is 10.1 Å². The third-order valence-electron chi connectivity index (χ3n) is 3.06. The average Bonchev–Trinajstić information content (AvgIpc) is 2.90. The van der Waals surface area contributed by atoms with E-state index in [0.717, 1.165) is 12.1 Å². The van der Waals surface area contributed by atoms with E-state index >= 15 is 0 Å². The monoisotopic (exact) mass is 360 g/mol. The molecule has 0 aliphatic carbocycles. The molecule has 1 aromatic heterocycles. The number of alkyl halides is 3. The molecule has 1 aromatic carbocycles. The molecule has 0 fully saturated rings. The number of halogens is 3. The fourth-order valence-electron chi connectivity index (χ4n) is 2.05. The van der Waals surface area contributed by atoms with Crippen molar-refractivity contribution in [2.75, 3.05) is 0 Å². The van der Waals surface area contributed by atoms with E-state index < -0.39 is 44.4 Å². The zero-order chi connectivity index (χ0) is 18.1. The van der Waals surface area contributed by atoms with Crippen LogP contribution in [0.4, 0.5) is 18.2 Å². The number of carboxylic acids is 1. The first-order valence-corrected chi connectivity index (χ1v) is 7.25. The van der Waals surface area contributed by atoms with E-state index in [0.29, 0.717) is 11.3 Å². The minimum Gasteiger partial charge on any atom is -0.544 e. The summed E-state index contributed by atoms with van der Waals surface area (Å²) in [6.45, 7) is 1.28. The zero-order valence-electron chi connectivity index (χ0n) is 12.0. The summed E-state index contributed by atoms with van der Waals surface area (Å²) >= 11 is 0.314. The Kier molecular flexibility index (Phi) is 4.78. The fourth-order valence-corrected chi connectivity index (χ4v) is 2.79. The Hall–Kier alpha value is -2.62. The number of hydrogen-bond donors (Lipinski definition) is 0. The number of aromatic carboxylic acids is 1. The van der Waals surface area contributed by atoms with Crippen molar-refractivity contribution in [1.82, 2.24) is 0 Å². The first kappa shape index (κ1) is 17.7. The molecule has 2 aromatic rings. The van der Waals surface area contributed by atoms with Gasteiger partial charge in [-0.1, -0.05) is 29.5 Å². The molecule has 0 radical (unpaired) electrons. The van der Waals surface area contributed by atoms with Crippen LogP contribution in [-0.4, -0.2) is 10.9 Å². The van der Waals surface area contributed by atoms with Crippen molar-refractivity contribution in [2.45, 2.75) is 19.2 Å². The van der Waals surface area contributed by atoms with Crippen LogP contribution in [0.25, 0.3) is 0 Å². The van der Waals surface area contributed by atoms with Crippen molar-refractivity contribution in [1.29, 1.82) is 0 Å². The quantitative estimate of drug-likeness (QED) is 0.603. The Morgan fingerprint density at radius 1 is 1.33 bits per heavy atom. The summed E-state index contributed by atoms with van der Waals surface area (Å²) in [7, 11) is 0. The Balaban J connectivity index is 2.39. The molecule has 0 saturated carbocycles. The fraction of sp³-hybridized carbons (Fsp3) is 0.214. The van der Waals surface area contributed by atoms with Gasteiger partial charge in [-0.3, -0.25) is 10.1 Å². The van der Waals surface area contributed by atoms with E-state index in [2.05, 4.69) is 0 Å². The van der Waals surface area contributed by atoms with E-state index in [9.17, 15) is 33.2 Å². The number of benzene rings is 1. The predicted octanol–water partition coefficient (Wildman–Crippen LogP) is 3.18. The number of carboxylic acid groups (broad SMARTS) is 1. The molecule has 0 aliphatic heterocycles. The second-order valence-electron chi connectivity index (χ2n) is 4.67. The zero-order valence-corrected chi connectivity index (χ0v) is 12.8. The lowest BCUT2D eigenvalue weighted by molar-refractivity contribution is -0.380. The molecule has 128 valence electrons. The van der Waals surface area contributed by atoms with E-state index in [1.54, 1.807) is 0 Å². The van der Waals surface area contributed by atoms with Gasteiger partial charge in [0, 0.05) is 5.56 Å². The van der Waals surface area contributed by atoms with E-state index in [4.69, 9.17) is 4.74 Å². The molecule has 1 heterocycles. The number of thiophene rings is 1. The number of ether oxygens (including phenoxy) is 1. The Labute approximate surface area is 137 Å². The van der Waals surface area contributed by atoms with Gasteiger partial charge in [-0.15, -0.1) is 0 Å². The maximum absolute atomic E-state index is 13.0. The lowest BCUT2D eigenvalue weighted by atomic mass is 10.0. The first-order chi connectivity index (χ1) is 11.1. The second-order valence-corrected chi connectivity index (χ2v) is 5.70. The van der Waals surface area contributed by atoms with E-state index in [1.807, 2.05) is 0 Å². The third-order valence-corrected chi connectivity index (χ3v) is 4.11. The number of carbonyl (C=O) groups excluding carboxylic acids is 1. The second kappa shape index (κ2) is 6.48. The minimum absolute atomic E-state index is 0.219. The van der Waals surface area contributed by atoms with Gasteiger partial charge in [0.05, 0.1) is 27.4 Å². The van der Waals surface area contributed by atoms with Gasteiger partial charge >= 0.3 is 11.2 Å². The highest BCUT2D eigenvalue weighted by molar-refractivity contribution is 7.17. The van der Waals surface area contributed by atoms with Crippen molar-refractivity contribution >= 4 is 22.3 Å². The van der Waals surface area contributed by atoms with Crippen molar-refractivity contribution in [3.8, 4) is 5.75 Å². The number of nitrogens with zero attached hydrogens (tertiary/aromatic N) is 1. The van der Waals surface area contributed by atoms with Gasteiger partial charge in [-0.25, -0.2) is 0 Å². The molecule has 2 rings (SSSR count).